The summed E-state index contributed by atoms with van der Waals surface area (Å²) in [6.45, 7) is 3.26. The fraction of sp³-hybridized carbons (Fsp3) is 0.500. The van der Waals surface area contributed by atoms with Crippen molar-refractivity contribution in [1.29, 1.82) is 0 Å². The molecule has 8 heteroatoms. The van der Waals surface area contributed by atoms with Gasteiger partial charge in [0.25, 0.3) is 5.91 Å². The number of fused-ring (bicyclic) bond motifs is 3. The van der Waals surface area contributed by atoms with Crippen molar-refractivity contribution in [3.05, 3.63) is 70.9 Å². The van der Waals surface area contributed by atoms with E-state index in [1.807, 2.05) is 48.5 Å². The van der Waals surface area contributed by atoms with E-state index < -0.39 is 12.0 Å². The first-order valence-electron chi connectivity index (χ1n) is 15.1. The number of aromatic nitrogens is 1. The van der Waals surface area contributed by atoms with Gasteiger partial charge in [-0.25, -0.2) is 0 Å². The number of ether oxygens (including phenoxy) is 3. The van der Waals surface area contributed by atoms with Crippen LogP contribution < -0.4 is 0 Å². The Hall–Kier alpha value is -3.65. The molecule has 2 heterocycles. The van der Waals surface area contributed by atoms with E-state index in [1.165, 1.54) is 24.6 Å². The van der Waals surface area contributed by atoms with Gasteiger partial charge in [-0.15, -0.1) is 0 Å². The number of hydrogen-bond acceptors (Lipinski definition) is 6. The Morgan fingerprint density at radius 3 is 2.52 bits per heavy atom. The molecule has 8 nitrogen and oxygen atoms in total. The first-order chi connectivity index (χ1) is 20.3. The molecule has 3 aromatic rings. The topological polar surface area (TPSA) is 87.1 Å². The van der Waals surface area contributed by atoms with E-state index in [2.05, 4.69) is 11.6 Å². The summed E-state index contributed by atoms with van der Waals surface area (Å²) in [7, 11) is 3.83. The van der Waals surface area contributed by atoms with Crippen LogP contribution >= 0.6 is 0 Å². The molecule has 1 aliphatic heterocycles. The highest BCUT2D eigenvalue weighted by molar-refractivity contribution is 5.99. The van der Waals surface area contributed by atoms with Gasteiger partial charge in [0.1, 0.15) is 13.2 Å². The van der Waals surface area contributed by atoms with E-state index in [0.717, 1.165) is 55.4 Å². The first-order valence-corrected chi connectivity index (χ1v) is 15.1. The third kappa shape index (κ3) is 6.86. The molecule has 1 saturated heterocycles. The van der Waals surface area contributed by atoms with Gasteiger partial charge in [-0.3, -0.25) is 14.4 Å². The van der Waals surface area contributed by atoms with Crippen LogP contribution in [0.2, 0.25) is 0 Å². The highest BCUT2D eigenvalue weighted by atomic mass is 16.5. The summed E-state index contributed by atoms with van der Waals surface area (Å²) >= 11 is 0. The van der Waals surface area contributed by atoms with Crippen molar-refractivity contribution in [2.45, 2.75) is 64.5 Å². The lowest BCUT2D eigenvalue weighted by Gasteiger charge is -2.33. The smallest absolute Gasteiger partial charge is 0.306 e. The number of carbonyl (C=O) groups excluding carboxylic acids is 3. The molecule has 0 radical (unpaired) electrons. The Bertz CT molecular complexity index is 1410. The number of hydrogen-bond donors (Lipinski definition) is 0. The molecule has 0 unspecified atom stereocenters. The second-order valence-electron chi connectivity index (χ2n) is 11.7. The zero-order valence-electron chi connectivity index (χ0n) is 25.0. The molecule has 0 saturated carbocycles. The van der Waals surface area contributed by atoms with E-state index in [0.29, 0.717) is 23.8 Å². The van der Waals surface area contributed by atoms with Crippen molar-refractivity contribution in [3.8, 4) is 0 Å². The van der Waals surface area contributed by atoms with Gasteiger partial charge in [-0.2, -0.15) is 0 Å². The van der Waals surface area contributed by atoms with E-state index >= 15 is 0 Å². The molecule has 224 valence electrons. The molecule has 42 heavy (non-hydrogen) atoms. The Balaban J connectivity index is 1.29. The predicted octanol–water partition coefficient (Wildman–Crippen LogP) is 5.24. The third-order valence-electron chi connectivity index (χ3n) is 9.11. The summed E-state index contributed by atoms with van der Waals surface area (Å²) in [5.41, 5.74) is 5.38. The van der Waals surface area contributed by atoms with Crippen molar-refractivity contribution in [3.63, 3.8) is 0 Å². The maximum Gasteiger partial charge on any atom is 0.306 e. The lowest BCUT2D eigenvalue weighted by atomic mass is 9.75. The highest BCUT2D eigenvalue weighted by Crippen LogP contribution is 2.39. The quantitative estimate of drug-likeness (QED) is 0.308. The number of rotatable bonds is 10. The fourth-order valence-corrected chi connectivity index (χ4v) is 6.60. The maximum atomic E-state index is 13.8. The van der Waals surface area contributed by atoms with Crippen molar-refractivity contribution in [2.75, 3.05) is 26.9 Å². The monoisotopic (exact) mass is 574 g/mol. The van der Waals surface area contributed by atoms with Gasteiger partial charge in [0, 0.05) is 62.8 Å². The highest BCUT2D eigenvalue weighted by Gasteiger charge is 2.31. The number of benzene rings is 2. The zero-order chi connectivity index (χ0) is 29.6. The van der Waals surface area contributed by atoms with E-state index in [9.17, 15) is 14.4 Å². The average Bonchev–Trinajstić information content (AvgIpc) is 3.30. The second-order valence-corrected chi connectivity index (χ2v) is 11.7. The molecule has 1 amide bonds. The second kappa shape index (κ2) is 13.6. The number of carbonyl (C=O) groups is 3. The van der Waals surface area contributed by atoms with Gasteiger partial charge < -0.3 is 23.7 Å². The molecule has 1 fully saturated rings. The van der Waals surface area contributed by atoms with Crippen LogP contribution in [-0.2, 0) is 50.3 Å². The van der Waals surface area contributed by atoms with Crippen LogP contribution in [0.25, 0.3) is 10.9 Å². The van der Waals surface area contributed by atoms with Crippen LogP contribution in [0.5, 0.6) is 0 Å². The molecule has 5 rings (SSSR count). The van der Waals surface area contributed by atoms with Crippen molar-refractivity contribution in [2.24, 2.45) is 18.9 Å². The van der Waals surface area contributed by atoms with E-state index in [-0.39, 0.29) is 31.5 Å². The van der Waals surface area contributed by atoms with Gasteiger partial charge in [-0.1, -0.05) is 30.3 Å². The molecule has 2 atom stereocenters. The van der Waals surface area contributed by atoms with Gasteiger partial charge in [0.2, 0.25) is 0 Å². The lowest BCUT2D eigenvalue weighted by molar-refractivity contribution is -0.145. The lowest BCUT2D eigenvalue weighted by Crippen LogP contribution is -2.41. The Kier molecular flexibility index (Phi) is 9.62. The molecule has 2 aromatic carbocycles. The summed E-state index contributed by atoms with van der Waals surface area (Å²) in [5, 5.41) is 1.14. The summed E-state index contributed by atoms with van der Waals surface area (Å²) in [5.74, 6) is 0.386. The minimum absolute atomic E-state index is 0.0132. The third-order valence-corrected chi connectivity index (χ3v) is 9.11. The van der Waals surface area contributed by atoms with Crippen LogP contribution in [0, 0.1) is 11.8 Å². The normalized spacial score (nSPS) is 17.8. The van der Waals surface area contributed by atoms with Crippen LogP contribution in [0.15, 0.2) is 48.5 Å². The molecule has 1 aromatic heterocycles. The Morgan fingerprint density at radius 2 is 1.79 bits per heavy atom. The number of esters is 2. The fourth-order valence-electron chi connectivity index (χ4n) is 6.60. The van der Waals surface area contributed by atoms with Gasteiger partial charge in [0.15, 0.2) is 0 Å². The van der Waals surface area contributed by atoms with Crippen LogP contribution in [0.1, 0.15) is 66.2 Å². The number of nitrogens with zero attached hydrogens (tertiary/aromatic N) is 2. The summed E-state index contributed by atoms with van der Waals surface area (Å²) in [4.78, 5) is 39.5. The summed E-state index contributed by atoms with van der Waals surface area (Å²) in [6.07, 6.45) is 5.96. The molecule has 1 aliphatic carbocycles. The van der Waals surface area contributed by atoms with E-state index in [4.69, 9.17) is 14.2 Å². The maximum absolute atomic E-state index is 13.8. The van der Waals surface area contributed by atoms with Gasteiger partial charge in [0.05, 0.1) is 6.04 Å². The molecule has 0 spiro atoms. The van der Waals surface area contributed by atoms with Gasteiger partial charge >= 0.3 is 11.9 Å². The number of aryl methyl sites for hydroxylation is 1. The SMILES string of the molecule is CC(=O)OC[C@H](CCC(=O)OCc1ccccc1)N(C)C(=O)c1ccc2c(c1)c1c(n2C)CC[C@@H](C2CCOCC2)C1. The zero-order valence-corrected chi connectivity index (χ0v) is 25.0. The minimum Gasteiger partial charge on any atom is -0.464 e. The van der Waals surface area contributed by atoms with Crippen molar-refractivity contribution < 1.29 is 28.6 Å². The average molecular weight is 575 g/mol. The Morgan fingerprint density at radius 1 is 1.02 bits per heavy atom. The molecular weight excluding hydrogens is 532 g/mol. The number of likely N-dealkylation sites (N-methyl/N-ethyl adjacent to an activating group) is 1. The van der Waals surface area contributed by atoms with Crippen LogP contribution in [-0.4, -0.2) is 60.2 Å². The summed E-state index contributed by atoms with van der Waals surface area (Å²) in [6, 6.07) is 15.0. The minimum atomic E-state index is -0.469. The Labute approximate surface area is 247 Å². The standard InChI is InChI=1S/C34H42N2O6/c1-23(37)41-22-28(11-14-33(38)42-21-24-7-5-4-6-8-24)35(2)34(39)27-10-13-32-30(20-27)29-19-26(9-12-31(29)36(32)3)25-15-17-40-18-16-25/h4-8,10,13,20,25-26,28H,9,11-12,14-19,21-22H2,1-3H3/t26-,28+/m1/s1. The van der Waals surface area contributed by atoms with Crippen LogP contribution in [0.4, 0.5) is 0 Å². The van der Waals surface area contributed by atoms with Gasteiger partial charge in [-0.05, 0) is 79.7 Å². The first kappa shape index (κ1) is 29.8. The largest absolute Gasteiger partial charge is 0.464 e. The van der Waals surface area contributed by atoms with Crippen molar-refractivity contribution >= 4 is 28.7 Å². The molecule has 2 aliphatic rings. The van der Waals surface area contributed by atoms with Crippen LogP contribution in [0.3, 0.4) is 0 Å². The summed E-state index contributed by atoms with van der Waals surface area (Å²) < 4.78 is 18.6. The molecular formula is C34H42N2O6. The van der Waals surface area contributed by atoms with E-state index in [1.54, 1.807) is 11.9 Å². The number of amides is 1. The molecule has 0 N–H and O–H groups in total. The predicted molar refractivity (Wildman–Crippen MR) is 160 cm³/mol. The molecule has 0 bridgehead atoms. The van der Waals surface area contributed by atoms with Crippen molar-refractivity contribution in [1.82, 2.24) is 9.47 Å².